The van der Waals surface area contributed by atoms with E-state index in [1.54, 1.807) is 0 Å². The summed E-state index contributed by atoms with van der Waals surface area (Å²) in [5, 5.41) is 2.58. The zero-order chi connectivity index (χ0) is 15.9. The van der Waals surface area contributed by atoms with Crippen LogP contribution in [0.1, 0.15) is 48.5 Å². The molecule has 0 aliphatic carbocycles. The second-order valence-electron chi connectivity index (χ2n) is 7.03. The molecule has 0 saturated heterocycles. The first-order valence-electron chi connectivity index (χ1n) is 7.13. The van der Waals surface area contributed by atoms with Crippen molar-refractivity contribution in [3.05, 3.63) is 0 Å². The van der Waals surface area contributed by atoms with Gasteiger partial charge in [-0.1, -0.05) is 48.5 Å². The maximum Gasteiger partial charge on any atom is 0.407 e. The lowest BCUT2D eigenvalue weighted by molar-refractivity contribution is -0.148. The molecule has 0 rings (SSSR count). The highest BCUT2D eigenvalue weighted by molar-refractivity contribution is 5.81. The largest absolute Gasteiger partial charge is 0.464 e. The molecular weight excluding hydrogens is 258 g/mol. The fraction of sp³-hybridized carbons (Fsp3) is 0.867. The molecule has 0 aliphatic heterocycles. The van der Waals surface area contributed by atoms with Gasteiger partial charge >= 0.3 is 12.1 Å². The van der Waals surface area contributed by atoms with Crippen LogP contribution in [-0.4, -0.2) is 31.3 Å². The van der Waals surface area contributed by atoms with Gasteiger partial charge in [-0.05, 0) is 17.3 Å². The fourth-order valence-electron chi connectivity index (χ4n) is 1.29. The number of carbonyl (C=O) groups is 2. The molecule has 5 nitrogen and oxygen atoms in total. The van der Waals surface area contributed by atoms with Gasteiger partial charge in [0.1, 0.15) is 6.04 Å². The molecule has 0 aromatic heterocycles. The van der Waals surface area contributed by atoms with Crippen molar-refractivity contribution in [2.45, 2.75) is 54.5 Å². The Hall–Kier alpha value is -1.26. The van der Waals surface area contributed by atoms with Gasteiger partial charge in [-0.25, -0.2) is 9.59 Å². The van der Waals surface area contributed by atoms with E-state index in [0.29, 0.717) is 13.2 Å². The summed E-state index contributed by atoms with van der Waals surface area (Å²) in [4.78, 5) is 23.6. The second kappa shape index (κ2) is 8.12. The van der Waals surface area contributed by atoms with Crippen molar-refractivity contribution in [3.8, 4) is 0 Å². The van der Waals surface area contributed by atoms with E-state index in [9.17, 15) is 9.59 Å². The molecule has 118 valence electrons. The SMILES string of the molecule is CC(C)COC(=O)C(NC(=O)OCC(C)(C)C)C(C)C. The highest BCUT2D eigenvalue weighted by Crippen LogP contribution is 2.13. The second-order valence-corrected chi connectivity index (χ2v) is 7.03. The Labute approximate surface area is 122 Å². The molecule has 0 spiro atoms. The summed E-state index contributed by atoms with van der Waals surface area (Å²) in [5.41, 5.74) is -0.108. The number of hydrogen-bond donors (Lipinski definition) is 1. The maximum absolute atomic E-state index is 11.9. The number of nitrogens with one attached hydrogen (secondary N) is 1. The van der Waals surface area contributed by atoms with Gasteiger partial charge in [-0.3, -0.25) is 0 Å². The number of esters is 1. The molecule has 0 aliphatic rings. The third kappa shape index (κ3) is 8.77. The fourth-order valence-corrected chi connectivity index (χ4v) is 1.29. The van der Waals surface area contributed by atoms with Crippen molar-refractivity contribution >= 4 is 12.1 Å². The van der Waals surface area contributed by atoms with E-state index in [-0.39, 0.29) is 17.3 Å². The molecular formula is C15H29NO4. The molecule has 5 heteroatoms. The average Bonchev–Trinajstić information content (AvgIpc) is 2.29. The highest BCUT2D eigenvalue weighted by atomic mass is 16.6. The number of alkyl carbamates (subject to hydrolysis) is 1. The summed E-state index contributed by atoms with van der Waals surface area (Å²) >= 11 is 0. The smallest absolute Gasteiger partial charge is 0.407 e. The van der Waals surface area contributed by atoms with Crippen LogP contribution in [0.5, 0.6) is 0 Å². The predicted octanol–water partition coefficient (Wildman–Crippen LogP) is 2.98. The minimum Gasteiger partial charge on any atom is -0.464 e. The first-order chi connectivity index (χ1) is 9.03. The van der Waals surface area contributed by atoms with Crippen molar-refractivity contribution in [2.75, 3.05) is 13.2 Å². The summed E-state index contributed by atoms with van der Waals surface area (Å²) in [5.74, 6) is -0.210. The van der Waals surface area contributed by atoms with E-state index in [1.807, 2.05) is 48.5 Å². The zero-order valence-corrected chi connectivity index (χ0v) is 13.8. The van der Waals surface area contributed by atoms with Gasteiger partial charge in [0, 0.05) is 0 Å². The molecule has 1 amide bonds. The van der Waals surface area contributed by atoms with Crippen molar-refractivity contribution in [3.63, 3.8) is 0 Å². The Kier molecular flexibility index (Phi) is 7.61. The predicted molar refractivity (Wildman–Crippen MR) is 78.4 cm³/mol. The van der Waals surface area contributed by atoms with Crippen LogP contribution in [0.2, 0.25) is 0 Å². The molecule has 1 atom stereocenters. The molecule has 20 heavy (non-hydrogen) atoms. The van der Waals surface area contributed by atoms with Crippen LogP contribution in [0.3, 0.4) is 0 Å². The summed E-state index contributed by atoms with van der Waals surface area (Å²) in [7, 11) is 0. The number of rotatable bonds is 6. The van der Waals surface area contributed by atoms with E-state index in [1.165, 1.54) is 0 Å². The first kappa shape index (κ1) is 18.7. The quantitative estimate of drug-likeness (QED) is 0.763. The van der Waals surface area contributed by atoms with Crippen LogP contribution in [0.4, 0.5) is 4.79 Å². The van der Waals surface area contributed by atoms with Crippen LogP contribution < -0.4 is 5.32 Å². The minimum absolute atomic E-state index is 0.0585. The molecule has 0 aromatic carbocycles. The Balaban J connectivity index is 4.40. The molecule has 1 unspecified atom stereocenters. The molecule has 0 heterocycles. The summed E-state index contributed by atoms with van der Waals surface area (Å²) in [6.07, 6.45) is -0.583. The van der Waals surface area contributed by atoms with E-state index >= 15 is 0 Å². The molecule has 0 bridgehead atoms. The van der Waals surface area contributed by atoms with Crippen LogP contribution >= 0.6 is 0 Å². The van der Waals surface area contributed by atoms with Gasteiger partial charge in [-0.2, -0.15) is 0 Å². The maximum atomic E-state index is 11.9. The lowest BCUT2D eigenvalue weighted by Crippen LogP contribution is -2.46. The number of hydrogen-bond acceptors (Lipinski definition) is 4. The summed E-state index contributed by atoms with van der Waals surface area (Å²) in [6, 6.07) is -0.679. The van der Waals surface area contributed by atoms with E-state index in [0.717, 1.165) is 0 Å². The van der Waals surface area contributed by atoms with Crippen LogP contribution in [0.15, 0.2) is 0 Å². The first-order valence-corrected chi connectivity index (χ1v) is 7.13. The van der Waals surface area contributed by atoms with Crippen LogP contribution in [0.25, 0.3) is 0 Å². The zero-order valence-electron chi connectivity index (χ0n) is 13.8. The topological polar surface area (TPSA) is 64.6 Å². The van der Waals surface area contributed by atoms with Gasteiger partial charge in [0.25, 0.3) is 0 Å². The summed E-state index contributed by atoms with van der Waals surface area (Å²) < 4.78 is 10.3. The van der Waals surface area contributed by atoms with Gasteiger partial charge in [0.15, 0.2) is 0 Å². The minimum atomic E-state index is -0.679. The van der Waals surface area contributed by atoms with E-state index in [2.05, 4.69) is 5.32 Å². The Morgan fingerprint density at radius 1 is 1.05 bits per heavy atom. The molecule has 0 aromatic rings. The van der Waals surface area contributed by atoms with Crippen LogP contribution in [-0.2, 0) is 14.3 Å². The number of amides is 1. The Bertz CT molecular complexity index is 318. The molecule has 0 radical (unpaired) electrons. The highest BCUT2D eigenvalue weighted by Gasteiger charge is 2.27. The molecule has 0 saturated carbocycles. The third-order valence-electron chi connectivity index (χ3n) is 2.39. The Morgan fingerprint density at radius 2 is 1.60 bits per heavy atom. The van der Waals surface area contributed by atoms with Gasteiger partial charge in [-0.15, -0.1) is 0 Å². The van der Waals surface area contributed by atoms with E-state index in [4.69, 9.17) is 9.47 Å². The van der Waals surface area contributed by atoms with Gasteiger partial charge in [0.05, 0.1) is 13.2 Å². The molecule has 0 fully saturated rings. The van der Waals surface area contributed by atoms with Gasteiger partial charge in [0.2, 0.25) is 0 Å². The molecule has 1 N–H and O–H groups in total. The number of ether oxygens (including phenoxy) is 2. The number of carbonyl (C=O) groups excluding carboxylic acids is 2. The van der Waals surface area contributed by atoms with Crippen molar-refractivity contribution in [1.82, 2.24) is 5.32 Å². The lowest BCUT2D eigenvalue weighted by atomic mass is 9.99. The van der Waals surface area contributed by atoms with Crippen molar-refractivity contribution < 1.29 is 19.1 Å². The normalized spacial score (nSPS) is 13.2. The van der Waals surface area contributed by atoms with Crippen LogP contribution in [0, 0.1) is 17.3 Å². The Morgan fingerprint density at radius 3 is 2.00 bits per heavy atom. The average molecular weight is 287 g/mol. The van der Waals surface area contributed by atoms with Crippen molar-refractivity contribution in [2.24, 2.45) is 17.3 Å². The third-order valence-corrected chi connectivity index (χ3v) is 2.39. The van der Waals surface area contributed by atoms with E-state index < -0.39 is 18.1 Å². The van der Waals surface area contributed by atoms with Crippen molar-refractivity contribution in [1.29, 1.82) is 0 Å². The lowest BCUT2D eigenvalue weighted by Gasteiger charge is -2.23. The van der Waals surface area contributed by atoms with Gasteiger partial charge < -0.3 is 14.8 Å². The summed E-state index contributed by atoms with van der Waals surface area (Å²) in [6.45, 7) is 14.2. The standard InChI is InChI=1S/C15H29NO4/c1-10(2)8-19-13(17)12(11(3)4)16-14(18)20-9-15(5,6)7/h10-12H,8-9H2,1-7H3,(H,16,18). The monoisotopic (exact) mass is 287 g/mol.